The summed E-state index contributed by atoms with van der Waals surface area (Å²) >= 11 is 2.47. The van der Waals surface area contributed by atoms with Crippen molar-refractivity contribution in [2.75, 3.05) is 0 Å². The molecule has 0 aliphatic carbocycles. The van der Waals surface area contributed by atoms with Crippen molar-refractivity contribution in [2.24, 2.45) is 0 Å². The van der Waals surface area contributed by atoms with Crippen LogP contribution in [0, 0.1) is 17.5 Å². The lowest BCUT2D eigenvalue weighted by molar-refractivity contribution is 0.111. The van der Waals surface area contributed by atoms with Gasteiger partial charge in [0.05, 0.1) is 10.0 Å². The summed E-state index contributed by atoms with van der Waals surface area (Å²) in [4.78, 5) is 10.1. The fraction of sp³-hybridized carbons (Fsp3) is 0. The fourth-order valence-electron chi connectivity index (χ4n) is 0.677. The average molecular weight is 239 g/mol. The zero-order valence-electron chi connectivity index (χ0n) is 5.57. The Morgan fingerprint density at radius 1 is 1.25 bits per heavy atom. The van der Waals surface area contributed by atoms with Crippen LogP contribution in [0.2, 0.25) is 0 Å². The molecule has 1 aromatic rings. The van der Waals surface area contributed by atoms with Gasteiger partial charge in [-0.1, -0.05) is 0 Å². The van der Waals surface area contributed by atoms with E-state index in [1.165, 1.54) is 0 Å². The molecule has 0 saturated heterocycles. The van der Waals surface area contributed by atoms with Gasteiger partial charge in [-0.05, 0) is 22.0 Å². The minimum atomic E-state index is -1.34. The number of benzene rings is 1. The maximum Gasteiger partial charge on any atom is 0.175 e. The molecular weight excluding hydrogens is 237 g/mol. The van der Waals surface area contributed by atoms with E-state index in [0.29, 0.717) is 6.07 Å². The molecular formula is C7H2BrF3O. The van der Waals surface area contributed by atoms with Gasteiger partial charge in [0.1, 0.15) is 0 Å². The quantitative estimate of drug-likeness (QED) is 0.418. The summed E-state index contributed by atoms with van der Waals surface area (Å²) in [5.74, 6) is -3.69. The van der Waals surface area contributed by atoms with E-state index in [9.17, 15) is 18.0 Å². The zero-order valence-corrected chi connectivity index (χ0v) is 7.16. The molecule has 0 amide bonds. The first-order valence-corrected chi connectivity index (χ1v) is 3.65. The van der Waals surface area contributed by atoms with Crippen LogP contribution in [-0.4, -0.2) is 6.29 Å². The summed E-state index contributed by atoms with van der Waals surface area (Å²) < 4.78 is 37.1. The van der Waals surface area contributed by atoms with E-state index >= 15 is 0 Å². The van der Waals surface area contributed by atoms with E-state index in [0.717, 1.165) is 0 Å². The molecule has 0 aromatic heterocycles. The molecule has 0 spiro atoms. The molecule has 12 heavy (non-hydrogen) atoms. The molecule has 0 unspecified atom stereocenters. The number of hydrogen-bond acceptors (Lipinski definition) is 1. The molecule has 0 bridgehead atoms. The second-order valence-corrected chi connectivity index (χ2v) is 2.80. The minimum absolute atomic E-state index is 0.114. The molecule has 64 valence electrons. The van der Waals surface area contributed by atoms with Crippen molar-refractivity contribution in [3.63, 3.8) is 0 Å². The van der Waals surface area contributed by atoms with Gasteiger partial charge in [-0.25, -0.2) is 13.2 Å². The summed E-state index contributed by atoms with van der Waals surface area (Å²) in [6.45, 7) is 0. The minimum Gasteiger partial charge on any atom is -0.298 e. The summed E-state index contributed by atoms with van der Waals surface area (Å²) in [5, 5.41) is 0. The largest absolute Gasteiger partial charge is 0.298 e. The lowest BCUT2D eigenvalue weighted by Crippen LogP contribution is -1.96. The van der Waals surface area contributed by atoms with E-state index in [1.54, 1.807) is 0 Å². The first-order valence-electron chi connectivity index (χ1n) is 2.86. The number of aldehydes is 1. The second-order valence-electron chi connectivity index (χ2n) is 2.01. The highest BCUT2D eigenvalue weighted by molar-refractivity contribution is 9.10. The normalized spacial score (nSPS) is 10.0. The molecule has 1 rings (SSSR count). The smallest absolute Gasteiger partial charge is 0.175 e. The Bertz CT molecular complexity index is 338. The third-order valence-corrected chi connectivity index (χ3v) is 1.95. The van der Waals surface area contributed by atoms with Crippen molar-refractivity contribution in [3.05, 3.63) is 33.6 Å². The third-order valence-electron chi connectivity index (χ3n) is 1.26. The summed E-state index contributed by atoms with van der Waals surface area (Å²) in [7, 11) is 0. The molecule has 1 nitrogen and oxygen atoms in total. The SMILES string of the molecule is O=Cc1cc(F)c(F)c(Br)c1F. The Labute approximate surface area is 74.3 Å². The van der Waals surface area contributed by atoms with Gasteiger partial charge in [-0.15, -0.1) is 0 Å². The Morgan fingerprint density at radius 3 is 2.33 bits per heavy atom. The Hall–Kier alpha value is -0.840. The van der Waals surface area contributed by atoms with Gasteiger partial charge in [-0.2, -0.15) is 0 Å². The number of hydrogen-bond donors (Lipinski definition) is 0. The van der Waals surface area contributed by atoms with E-state index in [1.807, 2.05) is 0 Å². The molecule has 0 atom stereocenters. The van der Waals surface area contributed by atoms with Gasteiger partial charge in [0.15, 0.2) is 23.7 Å². The lowest BCUT2D eigenvalue weighted by Gasteiger charge is -2.00. The van der Waals surface area contributed by atoms with Gasteiger partial charge in [-0.3, -0.25) is 4.79 Å². The number of rotatable bonds is 1. The second kappa shape index (κ2) is 3.26. The summed E-state index contributed by atoms with van der Waals surface area (Å²) in [6.07, 6.45) is 0.114. The highest BCUT2D eigenvalue weighted by Crippen LogP contribution is 2.23. The van der Waals surface area contributed by atoms with Gasteiger partial charge < -0.3 is 0 Å². The van der Waals surface area contributed by atoms with Gasteiger partial charge in [0, 0.05) is 0 Å². The number of carbonyl (C=O) groups is 1. The topological polar surface area (TPSA) is 17.1 Å². The maximum atomic E-state index is 12.8. The van der Waals surface area contributed by atoms with Crippen molar-refractivity contribution in [2.45, 2.75) is 0 Å². The number of carbonyl (C=O) groups excluding carboxylic acids is 1. The Balaban J connectivity index is 3.49. The highest BCUT2D eigenvalue weighted by Gasteiger charge is 2.15. The molecule has 0 fully saturated rings. The van der Waals surface area contributed by atoms with Crippen LogP contribution < -0.4 is 0 Å². The first kappa shape index (κ1) is 9.25. The molecule has 0 aliphatic heterocycles. The van der Waals surface area contributed by atoms with E-state index < -0.39 is 27.5 Å². The monoisotopic (exact) mass is 238 g/mol. The van der Waals surface area contributed by atoms with E-state index in [2.05, 4.69) is 15.9 Å². The van der Waals surface area contributed by atoms with Crippen LogP contribution in [0.25, 0.3) is 0 Å². The summed E-state index contributed by atoms with van der Waals surface area (Å²) in [6, 6.07) is 0.502. The van der Waals surface area contributed by atoms with Gasteiger partial charge in [0.25, 0.3) is 0 Å². The molecule has 0 aliphatic rings. The van der Waals surface area contributed by atoms with Crippen LogP contribution in [0.5, 0.6) is 0 Å². The van der Waals surface area contributed by atoms with Crippen molar-refractivity contribution >= 4 is 22.2 Å². The van der Waals surface area contributed by atoms with Crippen molar-refractivity contribution in [1.82, 2.24) is 0 Å². The van der Waals surface area contributed by atoms with Crippen molar-refractivity contribution in [1.29, 1.82) is 0 Å². The predicted molar refractivity (Wildman–Crippen MR) is 39.4 cm³/mol. The maximum absolute atomic E-state index is 12.8. The van der Waals surface area contributed by atoms with E-state index in [-0.39, 0.29) is 6.29 Å². The van der Waals surface area contributed by atoms with Crippen LogP contribution in [-0.2, 0) is 0 Å². The zero-order chi connectivity index (χ0) is 9.30. The Morgan fingerprint density at radius 2 is 1.83 bits per heavy atom. The van der Waals surface area contributed by atoms with Crippen LogP contribution in [0.1, 0.15) is 10.4 Å². The third kappa shape index (κ3) is 1.36. The lowest BCUT2D eigenvalue weighted by atomic mass is 10.2. The molecule has 0 saturated carbocycles. The fourth-order valence-corrected chi connectivity index (χ4v) is 1.10. The van der Waals surface area contributed by atoms with E-state index in [4.69, 9.17) is 0 Å². The molecule has 0 N–H and O–H groups in total. The van der Waals surface area contributed by atoms with Crippen molar-refractivity contribution in [3.8, 4) is 0 Å². The standard InChI is InChI=1S/C7H2BrF3O/c8-5-6(10)3(2-12)1-4(9)7(5)11/h1-2H. The van der Waals surface area contributed by atoms with Crippen LogP contribution in [0.4, 0.5) is 13.2 Å². The van der Waals surface area contributed by atoms with Crippen LogP contribution in [0.15, 0.2) is 10.5 Å². The molecule has 5 heteroatoms. The Kier molecular flexibility index (Phi) is 2.52. The predicted octanol–water partition coefficient (Wildman–Crippen LogP) is 2.68. The first-order chi connectivity index (χ1) is 5.57. The van der Waals surface area contributed by atoms with Gasteiger partial charge >= 0.3 is 0 Å². The van der Waals surface area contributed by atoms with Crippen LogP contribution >= 0.6 is 15.9 Å². The number of halogens is 4. The molecule has 0 heterocycles. The molecule has 0 radical (unpaired) electrons. The highest BCUT2D eigenvalue weighted by atomic mass is 79.9. The van der Waals surface area contributed by atoms with Gasteiger partial charge in [0.2, 0.25) is 0 Å². The van der Waals surface area contributed by atoms with Crippen LogP contribution in [0.3, 0.4) is 0 Å². The average Bonchev–Trinajstić information content (AvgIpc) is 2.08. The van der Waals surface area contributed by atoms with Crippen molar-refractivity contribution < 1.29 is 18.0 Å². The summed E-state index contributed by atoms with van der Waals surface area (Å²) in [5.41, 5.74) is -0.513. The molecule has 1 aromatic carbocycles.